The Morgan fingerprint density at radius 3 is 2.66 bits per heavy atom. The predicted molar refractivity (Wildman–Crippen MR) is 121 cm³/mol. The van der Waals surface area contributed by atoms with Gasteiger partial charge in [0, 0.05) is 23.8 Å². The van der Waals surface area contributed by atoms with Gasteiger partial charge in [0.2, 0.25) is 0 Å². The molecule has 3 aromatic rings. The zero-order valence-electron chi connectivity index (χ0n) is 17.4. The van der Waals surface area contributed by atoms with E-state index in [1.165, 1.54) is 11.3 Å². The molecule has 1 aliphatic rings. The lowest BCUT2D eigenvalue weighted by Crippen LogP contribution is -2.45. The number of hydrazone groups is 1. The summed E-state index contributed by atoms with van der Waals surface area (Å²) in [6.45, 7) is 6.84. The molecule has 0 aromatic heterocycles. The lowest BCUT2D eigenvalue weighted by atomic mass is 9.80. The molecule has 0 bridgehead atoms. The fraction of sp³-hybridized carbons (Fsp3) is 0.280. The molecule has 4 heteroatoms. The van der Waals surface area contributed by atoms with Crippen LogP contribution in [0.5, 0.6) is 0 Å². The highest BCUT2D eigenvalue weighted by molar-refractivity contribution is 5.99. The third kappa shape index (κ3) is 3.75. The molecule has 0 fully saturated rings. The Bertz CT molecular complexity index is 1100. The van der Waals surface area contributed by atoms with E-state index >= 15 is 0 Å². The number of nitrogens with zero attached hydrogens (tertiary/aromatic N) is 2. The first kappa shape index (κ1) is 19.2. The molecule has 4 nitrogen and oxygen atoms in total. The van der Waals surface area contributed by atoms with Crippen molar-refractivity contribution in [1.29, 1.82) is 0 Å². The monoisotopic (exact) mass is 385 g/mol. The van der Waals surface area contributed by atoms with Gasteiger partial charge in [0.05, 0.1) is 6.21 Å². The van der Waals surface area contributed by atoms with Gasteiger partial charge in [-0.3, -0.25) is 4.79 Å². The van der Waals surface area contributed by atoms with Gasteiger partial charge < -0.3 is 4.90 Å². The molecule has 3 aromatic carbocycles. The SMILES string of the molecule is C[C@H]1CC(C)(C)N(C)c2ccc(/C=N\NC(=O)c3ccc4ccccc4c3)cc21. The van der Waals surface area contributed by atoms with Crippen LogP contribution in [0.15, 0.2) is 65.8 Å². The Morgan fingerprint density at radius 2 is 1.86 bits per heavy atom. The number of anilines is 1. The van der Waals surface area contributed by atoms with Crippen LogP contribution in [0, 0.1) is 0 Å². The Hall–Kier alpha value is -3.14. The van der Waals surface area contributed by atoms with E-state index in [4.69, 9.17) is 0 Å². The second-order valence-electron chi connectivity index (χ2n) is 8.56. The van der Waals surface area contributed by atoms with Crippen molar-refractivity contribution < 1.29 is 4.79 Å². The van der Waals surface area contributed by atoms with Crippen molar-refractivity contribution in [3.63, 3.8) is 0 Å². The number of benzene rings is 3. The molecule has 1 amide bonds. The van der Waals surface area contributed by atoms with Crippen molar-refractivity contribution >= 4 is 28.6 Å². The van der Waals surface area contributed by atoms with Crippen LogP contribution in [0.2, 0.25) is 0 Å². The molecule has 1 heterocycles. The maximum absolute atomic E-state index is 12.4. The van der Waals surface area contributed by atoms with Gasteiger partial charge in [-0.05, 0) is 72.4 Å². The largest absolute Gasteiger partial charge is 0.369 e. The van der Waals surface area contributed by atoms with E-state index in [0.29, 0.717) is 11.5 Å². The molecule has 1 atom stereocenters. The van der Waals surface area contributed by atoms with Gasteiger partial charge in [-0.15, -0.1) is 0 Å². The smallest absolute Gasteiger partial charge is 0.271 e. The zero-order chi connectivity index (χ0) is 20.6. The first-order chi connectivity index (χ1) is 13.8. The molecule has 29 heavy (non-hydrogen) atoms. The van der Waals surface area contributed by atoms with Crippen LogP contribution in [-0.4, -0.2) is 24.7 Å². The van der Waals surface area contributed by atoms with Gasteiger partial charge in [-0.25, -0.2) is 5.43 Å². The van der Waals surface area contributed by atoms with Crippen LogP contribution >= 0.6 is 0 Å². The Balaban J connectivity index is 1.49. The van der Waals surface area contributed by atoms with E-state index in [1.54, 1.807) is 6.21 Å². The van der Waals surface area contributed by atoms with Crippen molar-refractivity contribution in [3.05, 3.63) is 77.4 Å². The van der Waals surface area contributed by atoms with E-state index in [9.17, 15) is 4.79 Å². The van der Waals surface area contributed by atoms with Crippen LogP contribution in [0.1, 0.15) is 54.6 Å². The molecule has 0 saturated carbocycles. The fourth-order valence-corrected chi connectivity index (χ4v) is 4.24. The summed E-state index contributed by atoms with van der Waals surface area (Å²) in [4.78, 5) is 14.8. The molecular formula is C25H27N3O. The number of carbonyl (C=O) groups is 1. The lowest BCUT2D eigenvalue weighted by Gasteiger charge is -2.45. The van der Waals surface area contributed by atoms with E-state index in [0.717, 1.165) is 22.8 Å². The van der Waals surface area contributed by atoms with E-state index in [1.807, 2.05) is 42.5 Å². The van der Waals surface area contributed by atoms with Gasteiger partial charge >= 0.3 is 0 Å². The summed E-state index contributed by atoms with van der Waals surface area (Å²) in [6, 6.07) is 20.0. The van der Waals surface area contributed by atoms with E-state index in [2.05, 4.69) is 61.4 Å². The molecule has 1 aliphatic heterocycles. The Kier molecular flexibility index (Phi) is 4.87. The normalized spacial score (nSPS) is 18.1. The minimum Gasteiger partial charge on any atom is -0.369 e. The number of fused-ring (bicyclic) bond motifs is 2. The summed E-state index contributed by atoms with van der Waals surface area (Å²) in [6.07, 6.45) is 2.82. The summed E-state index contributed by atoms with van der Waals surface area (Å²) in [5.41, 5.74) is 6.98. The van der Waals surface area contributed by atoms with E-state index < -0.39 is 0 Å². The maximum atomic E-state index is 12.4. The molecule has 0 radical (unpaired) electrons. The molecule has 148 valence electrons. The third-order valence-corrected chi connectivity index (χ3v) is 6.05. The summed E-state index contributed by atoms with van der Waals surface area (Å²) in [5, 5.41) is 6.34. The number of carbonyl (C=O) groups excluding carboxylic acids is 1. The fourth-order valence-electron chi connectivity index (χ4n) is 4.24. The first-order valence-corrected chi connectivity index (χ1v) is 10.1. The molecule has 4 rings (SSSR count). The van der Waals surface area contributed by atoms with Crippen molar-refractivity contribution in [2.75, 3.05) is 11.9 Å². The summed E-state index contributed by atoms with van der Waals surface area (Å²) >= 11 is 0. The van der Waals surface area contributed by atoms with Crippen LogP contribution in [0.25, 0.3) is 10.8 Å². The molecular weight excluding hydrogens is 358 g/mol. The Labute approximate surface area is 172 Å². The average molecular weight is 386 g/mol. The van der Waals surface area contributed by atoms with Gasteiger partial charge in [0.25, 0.3) is 5.91 Å². The van der Waals surface area contributed by atoms with Gasteiger partial charge in [-0.2, -0.15) is 5.10 Å². The number of rotatable bonds is 3. The number of amides is 1. The quantitative estimate of drug-likeness (QED) is 0.489. The zero-order valence-corrected chi connectivity index (χ0v) is 17.4. The van der Waals surface area contributed by atoms with Gasteiger partial charge in [0.1, 0.15) is 0 Å². The summed E-state index contributed by atoms with van der Waals surface area (Å²) in [5.74, 6) is 0.275. The van der Waals surface area contributed by atoms with Crippen LogP contribution < -0.4 is 10.3 Å². The van der Waals surface area contributed by atoms with Crippen LogP contribution in [0.3, 0.4) is 0 Å². The molecule has 0 unspecified atom stereocenters. The standard InChI is InChI=1S/C25H27N3O/c1-17-15-25(2,3)28(4)23-12-9-18(13-22(17)23)16-26-27-24(29)21-11-10-19-7-5-6-8-20(19)14-21/h5-14,16-17H,15H2,1-4H3,(H,27,29)/b26-16-/t17-/m0/s1. The van der Waals surface area contributed by atoms with E-state index in [-0.39, 0.29) is 11.4 Å². The average Bonchev–Trinajstić information content (AvgIpc) is 2.71. The number of nitrogens with one attached hydrogen (secondary N) is 1. The second-order valence-corrected chi connectivity index (χ2v) is 8.56. The van der Waals surface area contributed by atoms with Gasteiger partial charge in [0.15, 0.2) is 0 Å². The minimum atomic E-state index is -0.209. The summed E-state index contributed by atoms with van der Waals surface area (Å²) < 4.78 is 0. The lowest BCUT2D eigenvalue weighted by molar-refractivity contribution is 0.0955. The highest BCUT2D eigenvalue weighted by atomic mass is 16.2. The van der Waals surface area contributed by atoms with Crippen molar-refractivity contribution in [2.24, 2.45) is 5.10 Å². The Morgan fingerprint density at radius 1 is 1.10 bits per heavy atom. The number of hydrogen-bond donors (Lipinski definition) is 1. The van der Waals surface area contributed by atoms with Crippen molar-refractivity contribution in [1.82, 2.24) is 5.43 Å². The van der Waals surface area contributed by atoms with Crippen LogP contribution in [0.4, 0.5) is 5.69 Å². The highest BCUT2D eigenvalue weighted by Crippen LogP contribution is 2.42. The molecule has 0 spiro atoms. The van der Waals surface area contributed by atoms with Crippen LogP contribution in [-0.2, 0) is 0 Å². The second kappa shape index (κ2) is 7.36. The predicted octanol–water partition coefficient (Wildman–Crippen LogP) is 5.33. The molecule has 0 saturated heterocycles. The maximum Gasteiger partial charge on any atom is 0.271 e. The minimum absolute atomic E-state index is 0.149. The summed E-state index contributed by atoms with van der Waals surface area (Å²) in [7, 11) is 2.16. The topological polar surface area (TPSA) is 44.7 Å². The highest BCUT2D eigenvalue weighted by Gasteiger charge is 2.33. The first-order valence-electron chi connectivity index (χ1n) is 10.1. The van der Waals surface area contributed by atoms with Crippen molar-refractivity contribution in [2.45, 2.75) is 38.6 Å². The van der Waals surface area contributed by atoms with Gasteiger partial charge in [-0.1, -0.05) is 43.3 Å². The molecule has 1 N–H and O–H groups in total. The molecule has 0 aliphatic carbocycles. The van der Waals surface area contributed by atoms with Crippen molar-refractivity contribution in [3.8, 4) is 0 Å². The third-order valence-electron chi connectivity index (χ3n) is 6.05. The number of hydrogen-bond acceptors (Lipinski definition) is 3.